The number of hydrogen-bond acceptors (Lipinski definition) is 8. The number of benzene rings is 2. The number of anilines is 2. The fourth-order valence-electron chi connectivity index (χ4n) is 2.86. The van der Waals surface area contributed by atoms with Crippen molar-refractivity contribution in [1.29, 1.82) is 0 Å². The number of hydrogen-bond donors (Lipinski definition) is 1. The second-order valence-electron chi connectivity index (χ2n) is 6.04. The van der Waals surface area contributed by atoms with E-state index in [-0.39, 0.29) is 6.54 Å². The zero-order valence-corrected chi connectivity index (χ0v) is 14.6. The molecule has 0 bridgehead atoms. The SMILES string of the molecule is c1cncc(-c2nnn(Cc3nnc(Nc4cccc5ccccc45)o3)n2)c1. The molecule has 136 valence electrons. The van der Waals surface area contributed by atoms with E-state index in [4.69, 9.17) is 4.42 Å². The molecule has 0 aliphatic heterocycles. The zero-order chi connectivity index (χ0) is 18.8. The van der Waals surface area contributed by atoms with Crippen LogP contribution in [0.1, 0.15) is 5.89 Å². The Kier molecular flexibility index (Phi) is 3.94. The summed E-state index contributed by atoms with van der Waals surface area (Å²) >= 11 is 0. The van der Waals surface area contributed by atoms with Gasteiger partial charge < -0.3 is 9.73 Å². The van der Waals surface area contributed by atoms with Crippen molar-refractivity contribution in [2.75, 3.05) is 5.32 Å². The zero-order valence-electron chi connectivity index (χ0n) is 14.6. The molecule has 0 unspecified atom stereocenters. The fraction of sp³-hybridized carbons (Fsp3) is 0.0526. The summed E-state index contributed by atoms with van der Waals surface area (Å²) in [5.41, 5.74) is 1.68. The van der Waals surface area contributed by atoms with E-state index in [1.807, 2.05) is 42.5 Å². The number of nitrogens with one attached hydrogen (secondary N) is 1. The minimum atomic E-state index is 0.220. The molecule has 0 saturated heterocycles. The molecular weight excluding hydrogens is 356 g/mol. The molecule has 5 rings (SSSR count). The van der Waals surface area contributed by atoms with E-state index in [0.717, 1.165) is 22.0 Å². The van der Waals surface area contributed by atoms with E-state index in [0.29, 0.717) is 17.7 Å². The highest BCUT2D eigenvalue weighted by molar-refractivity contribution is 5.94. The van der Waals surface area contributed by atoms with Gasteiger partial charge in [-0.1, -0.05) is 41.5 Å². The Morgan fingerprint density at radius 2 is 1.86 bits per heavy atom. The molecule has 0 atom stereocenters. The predicted molar refractivity (Wildman–Crippen MR) is 102 cm³/mol. The lowest BCUT2D eigenvalue weighted by atomic mass is 10.1. The first kappa shape index (κ1) is 16.1. The maximum absolute atomic E-state index is 5.68. The average molecular weight is 370 g/mol. The molecule has 5 aromatic rings. The van der Waals surface area contributed by atoms with Crippen LogP contribution in [0.2, 0.25) is 0 Å². The van der Waals surface area contributed by atoms with Crippen LogP contribution in [0, 0.1) is 0 Å². The third-order valence-electron chi connectivity index (χ3n) is 4.15. The van der Waals surface area contributed by atoms with Crippen LogP contribution in [-0.2, 0) is 6.54 Å². The molecule has 0 aliphatic rings. The number of pyridine rings is 1. The van der Waals surface area contributed by atoms with Gasteiger partial charge in [0.15, 0.2) is 0 Å². The standard InChI is InChI=1S/C19H14N8O/c1-2-8-15-13(5-1)6-3-9-16(15)21-19-24-22-17(28-19)12-27-25-18(23-26-27)14-7-4-10-20-11-14/h1-11H,12H2,(H,21,24). The summed E-state index contributed by atoms with van der Waals surface area (Å²) in [6, 6.07) is 18.1. The maximum atomic E-state index is 5.68. The van der Waals surface area contributed by atoms with Crippen LogP contribution in [0.25, 0.3) is 22.2 Å². The van der Waals surface area contributed by atoms with Gasteiger partial charge in [0.25, 0.3) is 0 Å². The van der Waals surface area contributed by atoms with Crippen LogP contribution in [0.5, 0.6) is 0 Å². The van der Waals surface area contributed by atoms with Gasteiger partial charge in [0, 0.05) is 23.3 Å². The Labute approximate surface area is 159 Å². The van der Waals surface area contributed by atoms with E-state index in [9.17, 15) is 0 Å². The number of aromatic nitrogens is 7. The lowest BCUT2D eigenvalue weighted by molar-refractivity contribution is 0.448. The third kappa shape index (κ3) is 3.16. The first-order valence-electron chi connectivity index (χ1n) is 8.60. The van der Waals surface area contributed by atoms with Crippen LogP contribution in [0.3, 0.4) is 0 Å². The smallest absolute Gasteiger partial charge is 0.320 e. The van der Waals surface area contributed by atoms with Crippen molar-refractivity contribution in [2.24, 2.45) is 0 Å². The van der Waals surface area contributed by atoms with E-state index < -0.39 is 0 Å². The Hall–Kier alpha value is -4.14. The molecule has 3 aromatic heterocycles. The molecule has 9 nitrogen and oxygen atoms in total. The lowest BCUT2D eigenvalue weighted by Gasteiger charge is -2.05. The summed E-state index contributed by atoms with van der Waals surface area (Å²) < 4.78 is 5.68. The highest BCUT2D eigenvalue weighted by Crippen LogP contribution is 2.25. The largest absolute Gasteiger partial charge is 0.406 e. The van der Waals surface area contributed by atoms with Crippen molar-refractivity contribution < 1.29 is 4.42 Å². The van der Waals surface area contributed by atoms with Gasteiger partial charge in [0.2, 0.25) is 11.7 Å². The van der Waals surface area contributed by atoms with Crippen molar-refractivity contribution in [3.63, 3.8) is 0 Å². The van der Waals surface area contributed by atoms with Crippen molar-refractivity contribution in [3.8, 4) is 11.4 Å². The van der Waals surface area contributed by atoms with Crippen LogP contribution >= 0.6 is 0 Å². The van der Waals surface area contributed by atoms with Crippen LogP contribution in [-0.4, -0.2) is 35.4 Å². The second kappa shape index (κ2) is 6.88. The van der Waals surface area contributed by atoms with E-state index in [2.05, 4.69) is 48.0 Å². The van der Waals surface area contributed by atoms with Crippen LogP contribution < -0.4 is 5.32 Å². The van der Waals surface area contributed by atoms with Gasteiger partial charge in [-0.05, 0) is 28.8 Å². The Balaban J connectivity index is 1.33. The first-order valence-corrected chi connectivity index (χ1v) is 8.60. The van der Waals surface area contributed by atoms with Crippen LogP contribution in [0.15, 0.2) is 71.4 Å². The quantitative estimate of drug-likeness (QED) is 0.503. The average Bonchev–Trinajstić information content (AvgIpc) is 3.39. The number of fused-ring (bicyclic) bond motifs is 1. The molecule has 28 heavy (non-hydrogen) atoms. The van der Waals surface area contributed by atoms with Gasteiger partial charge in [0.05, 0.1) is 5.69 Å². The summed E-state index contributed by atoms with van der Waals surface area (Å²) in [6.07, 6.45) is 3.37. The van der Waals surface area contributed by atoms with Crippen molar-refractivity contribution in [3.05, 3.63) is 72.9 Å². The van der Waals surface area contributed by atoms with Gasteiger partial charge in [0.1, 0.15) is 6.54 Å². The molecule has 0 spiro atoms. The molecular formula is C19H14N8O. The molecule has 0 radical (unpaired) electrons. The molecule has 3 heterocycles. The second-order valence-corrected chi connectivity index (χ2v) is 6.04. The molecule has 9 heteroatoms. The van der Waals surface area contributed by atoms with Crippen molar-refractivity contribution in [2.45, 2.75) is 6.54 Å². The maximum Gasteiger partial charge on any atom is 0.320 e. The predicted octanol–water partition coefficient (Wildman–Crippen LogP) is 3.06. The Morgan fingerprint density at radius 1 is 0.929 bits per heavy atom. The minimum Gasteiger partial charge on any atom is -0.406 e. The Morgan fingerprint density at radius 3 is 2.79 bits per heavy atom. The van der Waals surface area contributed by atoms with Gasteiger partial charge in [-0.15, -0.1) is 15.3 Å². The fourth-order valence-corrected chi connectivity index (χ4v) is 2.86. The van der Waals surface area contributed by atoms with Crippen LogP contribution in [0.4, 0.5) is 11.7 Å². The molecule has 1 N–H and O–H groups in total. The number of nitrogens with zero attached hydrogens (tertiary/aromatic N) is 7. The lowest BCUT2D eigenvalue weighted by Crippen LogP contribution is -2.04. The van der Waals surface area contributed by atoms with Crippen molar-refractivity contribution in [1.82, 2.24) is 35.4 Å². The van der Waals surface area contributed by atoms with E-state index >= 15 is 0 Å². The molecule has 0 fully saturated rings. The van der Waals surface area contributed by atoms with Gasteiger partial charge in [-0.25, -0.2) is 0 Å². The summed E-state index contributed by atoms with van der Waals surface area (Å²) in [4.78, 5) is 5.45. The monoisotopic (exact) mass is 370 g/mol. The molecule has 0 amide bonds. The normalized spacial score (nSPS) is 11.0. The summed E-state index contributed by atoms with van der Waals surface area (Å²) in [7, 11) is 0. The minimum absolute atomic E-state index is 0.220. The van der Waals surface area contributed by atoms with Gasteiger partial charge in [-0.3, -0.25) is 4.98 Å². The number of tetrazole rings is 1. The molecule has 0 saturated carbocycles. The van der Waals surface area contributed by atoms with Gasteiger partial charge >= 0.3 is 6.01 Å². The van der Waals surface area contributed by atoms with Gasteiger partial charge in [-0.2, -0.15) is 4.80 Å². The third-order valence-corrected chi connectivity index (χ3v) is 4.15. The summed E-state index contributed by atoms with van der Waals surface area (Å²) in [6.45, 7) is 0.220. The Bertz CT molecular complexity index is 1230. The first-order chi connectivity index (χ1) is 13.8. The summed E-state index contributed by atoms with van der Waals surface area (Å²) in [5.74, 6) is 0.861. The summed E-state index contributed by atoms with van der Waals surface area (Å²) in [5, 5.41) is 25.8. The van der Waals surface area contributed by atoms with E-state index in [1.54, 1.807) is 12.4 Å². The van der Waals surface area contributed by atoms with Crippen molar-refractivity contribution >= 4 is 22.5 Å². The molecule has 2 aromatic carbocycles. The highest BCUT2D eigenvalue weighted by Gasteiger charge is 2.11. The molecule has 0 aliphatic carbocycles. The highest BCUT2D eigenvalue weighted by atomic mass is 16.4. The number of rotatable bonds is 5. The topological polar surface area (TPSA) is 107 Å². The van der Waals surface area contributed by atoms with E-state index in [1.165, 1.54) is 4.80 Å².